The Hall–Kier alpha value is -0.810. The zero-order valence-corrected chi connectivity index (χ0v) is 15.7. The number of nitrogens with zero attached hydrogens (tertiary/aromatic N) is 1. The number of amides is 1. The van der Waals surface area contributed by atoms with Crippen LogP contribution in [-0.2, 0) is 4.74 Å². The van der Waals surface area contributed by atoms with E-state index in [9.17, 15) is 4.79 Å². The molecule has 0 aliphatic rings. The third-order valence-corrected chi connectivity index (χ3v) is 3.53. The first-order valence-electron chi connectivity index (χ1n) is 8.63. The number of hydrogen-bond donors (Lipinski definition) is 2. The Morgan fingerprint density at radius 3 is 2.23 bits per heavy atom. The smallest absolute Gasteiger partial charge is 0.407 e. The van der Waals surface area contributed by atoms with E-state index in [1.54, 1.807) is 0 Å². The molecule has 0 bridgehead atoms. The lowest BCUT2D eigenvalue weighted by Crippen LogP contribution is -2.44. The van der Waals surface area contributed by atoms with E-state index in [-0.39, 0.29) is 12.1 Å². The third kappa shape index (κ3) is 11.8. The van der Waals surface area contributed by atoms with E-state index < -0.39 is 5.60 Å². The van der Waals surface area contributed by atoms with Crippen molar-refractivity contribution < 1.29 is 9.53 Å². The van der Waals surface area contributed by atoms with Crippen LogP contribution >= 0.6 is 0 Å². The number of carbonyl (C=O) groups is 1. The lowest BCUT2D eigenvalue weighted by molar-refractivity contribution is 0.0522. The average molecular weight is 316 g/mol. The molecule has 22 heavy (non-hydrogen) atoms. The zero-order valence-electron chi connectivity index (χ0n) is 15.7. The van der Waals surface area contributed by atoms with Crippen LogP contribution in [0.5, 0.6) is 0 Å². The van der Waals surface area contributed by atoms with Gasteiger partial charge in [0.25, 0.3) is 0 Å². The summed E-state index contributed by atoms with van der Waals surface area (Å²) >= 11 is 0. The number of carbonyl (C=O) groups excluding carboxylic acids is 1. The molecule has 0 radical (unpaired) electrons. The van der Waals surface area contributed by atoms with Gasteiger partial charge in [0.15, 0.2) is 0 Å². The van der Waals surface area contributed by atoms with Gasteiger partial charge in [0.05, 0.1) is 0 Å². The number of ether oxygens (including phenoxy) is 1. The molecule has 0 rings (SSSR count). The van der Waals surface area contributed by atoms with Crippen LogP contribution in [0.15, 0.2) is 0 Å². The highest BCUT2D eigenvalue weighted by Gasteiger charge is 2.16. The zero-order chi connectivity index (χ0) is 17.2. The monoisotopic (exact) mass is 315 g/mol. The second-order valence-electron chi connectivity index (χ2n) is 7.02. The van der Waals surface area contributed by atoms with Crippen molar-refractivity contribution in [1.29, 1.82) is 0 Å². The van der Waals surface area contributed by atoms with Crippen molar-refractivity contribution in [3.05, 3.63) is 0 Å². The summed E-state index contributed by atoms with van der Waals surface area (Å²) in [5.74, 6) is 0. The largest absolute Gasteiger partial charge is 0.444 e. The fourth-order valence-electron chi connectivity index (χ4n) is 2.34. The van der Waals surface area contributed by atoms with Gasteiger partial charge >= 0.3 is 6.09 Å². The Labute approximate surface area is 137 Å². The predicted molar refractivity (Wildman–Crippen MR) is 93.3 cm³/mol. The average Bonchev–Trinajstić information content (AvgIpc) is 2.39. The molecule has 5 nitrogen and oxygen atoms in total. The maximum atomic E-state index is 11.6. The number of hydrogen-bond acceptors (Lipinski definition) is 4. The molecule has 5 heteroatoms. The van der Waals surface area contributed by atoms with Gasteiger partial charge in [-0.2, -0.15) is 0 Å². The second kappa shape index (κ2) is 10.8. The van der Waals surface area contributed by atoms with Crippen molar-refractivity contribution in [3.8, 4) is 0 Å². The van der Waals surface area contributed by atoms with Gasteiger partial charge in [0.1, 0.15) is 5.60 Å². The van der Waals surface area contributed by atoms with Gasteiger partial charge < -0.3 is 20.3 Å². The highest BCUT2D eigenvalue weighted by molar-refractivity contribution is 5.67. The minimum atomic E-state index is -0.446. The van der Waals surface area contributed by atoms with Crippen LogP contribution in [0.3, 0.4) is 0 Å². The van der Waals surface area contributed by atoms with Crippen molar-refractivity contribution in [1.82, 2.24) is 15.5 Å². The summed E-state index contributed by atoms with van der Waals surface area (Å²) in [6, 6.07) is 0.682. The molecule has 0 aromatic rings. The molecule has 0 spiro atoms. The SMILES string of the molecule is CCN(CC)CCCC(C)NC(C)CNC(=O)OC(C)(C)C. The van der Waals surface area contributed by atoms with Crippen LogP contribution in [0.1, 0.15) is 61.3 Å². The molecule has 0 aromatic heterocycles. The summed E-state index contributed by atoms with van der Waals surface area (Å²) in [6.45, 7) is 18.3. The van der Waals surface area contributed by atoms with Crippen LogP contribution in [0.25, 0.3) is 0 Å². The van der Waals surface area contributed by atoms with Crippen molar-refractivity contribution in [2.24, 2.45) is 0 Å². The van der Waals surface area contributed by atoms with Gasteiger partial charge in [-0.15, -0.1) is 0 Å². The summed E-state index contributed by atoms with van der Waals surface area (Å²) in [4.78, 5) is 14.0. The van der Waals surface area contributed by atoms with Gasteiger partial charge in [0.2, 0.25) is 0 Å². The maximum Gasteiger partial charge on any atom is 0.407 e. The molecule has 0 fully saturated rings. The van der Waals surface area contributed by atoms with Gasteiger partial charge in [-0.3, -0.25) is 0 Å². The lowest BCUT2D eigenvalue weighted by Gasteiger charge is -2.24. The van der Waals surface area contributed by atoms with Crippen molar-refractivity contribution in [3.63, 3.8) is 0 Å². The molecule has 132 valence electrons. The van der Waals surface area contributed by atoms with Crippen LogP contribution in [0.2, 0.25) is 0 Å². The maximum absolute atomic E-state index is 11.6. The van der Waals surface area contributed by atoms with E-state index in [1.165, 1.54) is 6.42 Å². The number of rotatable bonds is 10. The molecule has 0 aliphatic carbocycles. The Kier molecular flexibility index (Phi) is 10.4. The minimum absolute atomic E-state index is 0.232. The third-order valence-electron chi connectivity index (χ3n) is 3.53. The summed E-state index contributed by atoms with van der Waals surface area (Å²) in [6.07, 6.45) is 1.99. The standard InChI is InChI=1S/C17H37N3O2/c1-8-20(9-2)12-10-11-14(3)19-15(4)13-18-16(21)22-17(5,6)7/h14-15,19H,8-13H2,1-7H3,(H,18,21). The highest BCUT2D eigenvalue weighted by atomic mass is 16.6. The lowest BCUT2D eigenvalue weighted by atomic mass is 10.1. The molecule has 0 aliphatic heterocycles. The Balaban J connectivity index is 3.82. The first kappa shape index (κ1) is 21.2. The van der Waals surface area contributed by atoms with Crippen LogP contribution in [0.4, 0.5) is 4.79 Å². The van der Waals surface area contributed by atoms with Crippen molar-refractivity contribution >= 4 is 6.09 Å². The first-order chi connectivity index (χ1) is 10.2. The summed E-state index contributed by atoms with van der Waals surface area (Å²) in [7, 11) is 0. The summed E-state index contributed by atoms with van der Waals surface area (Å²) in [5, 5.41) is 6.32. The Morgan fingerprint density at radius 1 is 1.14 bits per heavy atom. The van der Waals surface area contributed by atoms with Crippen molar-refractivity contribution in [2.45, 2.75) is 79.0 Å². The molecular weight excluding hydrogens is 278 g/mol. The Morgan fingerprint density at radius 2 is 1.73 bits per heavy atom. The van der Waals surface area contributed by atoms with Gasteiger partial charge in [-0.25, -0.2) is 4.79 Å². The summed E-state index contributed by atoms with van der Waals surface area (Å²) < 4.78 is 5.23. The van der Waals surface area contributed by atoms with E-state index >= 15 is 0 Å². The predicted octanol–water partition coefficient (Wildman–Crippen LogP) is 3.00. The quantitative estimate of drug-likeness (QED) is 0.651. The molecule has 2 N–H and O–H groups in total. The van der Waals surface area contributed by atoms with E-state index in [2.05, 4.69) is 43.2 Å². The topological polar surface area (TPSA) is 53.6 Å². The van der Waals surface area contributed by atoms with Crippen LogP contribution in [0, 0.1) is 0 Å². The molecule has 0 heterocycles. The molecule has 2 unspecified atom stereocenters. The summed E-state index contributed by atoms with van der Waals surface area (Å²) in [5.41, 5.74) is -0.446. The van der Waals surface area contributed by atoms with E-state index in [1.807, 2.05) is 20.8 Å². The Bertz CT molecular complexity index is 299. The van der Waals surface area contributed by atoms with Crippen LogP contribution < -0.4 is 10.6 Å². The highest BCUT2D eigenvalue weighted by Crippen LogP contribution is 2.06. The normalized spacial score (nSPS) is 14.7. The molecule has 1 amide bonds. The molecular formula is C17H37N3O2. The molecule has 2 atom stereocenters. The van der Waals surface area contributed by atoms with Gasteiger partial charge in [-0.05, 0) is 67.1 Å². The second-order valence-corrected chi connectivity index (χ2v) is 7.02. The van der Waals surface area contributed by atoms with E-state index in [4.69, 9.17) is 4.74 Å². The number of nitrogens with one attached hydrogen (secondary N) is 2. The molecule has 0 saturated heterocycles. The van der Waals surface area contributed by atoms with Crippen molar-refractivity contribution in [2.75, 3.05) is 26.2 Å². The fraction of sp³-hybridized carbons (Fsp3) is 0.941. The fourth-order valence-corrected chi connectivity index (χ4v) is 2.34. The number of alkyl carbamates (subject to hydrolysis) is 1. The first-order valence-corrected chi connectivity index (χ1v) is 8.63. The van der Waals surface area contributed by atoms with Gasteiger partial charge in [0, 0.05) is 18.6 Å². The van der Waals surface area contributed by atoms with Crippen LogP contribution in [-0.4, -0.2) is 54.9 Å². The minimum Gasteiger partial charge on any atom is -0.444 e. The van der Waals surface area contributed by atoms with E-state index in [0.717, 1.165) is 26.1 Å². The van der Waals surface area contributed by atoms with Gasteiger partial charge in [-0.1, -0.05) is 13.8 Å². The molecule has 0 saturated carbocycles. The molecule has 0 aromatic carbocycles. The van der Waals surface area contributed by atoms with E-state index in [0.29, 0.717) is 12.6 Å².